The molecule has 2 bridgehead atoms. The second kappa shape index (κ2) is 5.06. The van der Waals surface area contributed by atoms with Crippen LogP contribution in [0.2, 0.25) is 0 Å². The minimum atomic E-state index is -1.33. The van der Waals surface area contributed by atoms with Gasteiger partial charge in [0.2, 0.25) is 0 Å². The van der Waals surface area contributed by atoms with Crippen molar-refractivity contribution in [3.8, 4) is 0 Å². The standard InChI is InChI=1S/C20H32O5/c1-9-10-7-11(21)15-19(4)12(18(2,3)6-5-13(19)22)8-14(23)20(15,16(9)24)17(10)25/h9-15,17,21-23,25H,5-8H2,1-4H3/t9-,10+,11-,12+,13+,14+,15+,17+,19-,20-/m0/s1. The normalized spacial score (nSPS) is 60.1. The number of carbonyl (C=O) groups is 1. The minimum absolute atomic E-state index is 0.00326. The van der Waals surface area contributed by atoms with Crippen LogP contribution in [-0.2, 0) is 4.79 Å². The van der Waals surface area contributed by atoms with Crippen LogP contribution in [0.25, 0.3) is 0 Å². The lowest BCUT2D eigenvalue weighted by molar-refractivity contribution is -0.274. The Morgan fingerprint density at radius 3 is 2.28 bits per heavy atom. The predicted octanol–water partition coefficient (Wildman–Crippen LogP) is 1.12. The third-order valence-corrected chi connectivity index (χ3v) is 8.95. The molecule has 0 aliphatic heterocycles. The van der Waals surface area contributed by atoms with E-state index in [0.717, 1.165) is 6.42 Å². The molecule has 0 aromatic heterocycles. The zero-order chi connectivity index (χ0) is 18.5. The highest BCUT2D eigenvalue weighted by Gasteiger charge is 2.77. The summed E-state index contributed by atoms with van der Waals surface area (Å²) in [6.45, 7) is 8.09. The van der Waals surface area contributed by atoms with Gasteiger partial charge in [-0.15, -0.1) is 0 Å². The SMILES string of the molecule is C[C@@H]1C(=O)[C@]23[C@H](O)C[C@@H]4C(C)(C)CC[C@@H](O)[C@@]4(C)[C@H]2[C@@H](O)C[C@H]1[C@H]3O. The number of carbonyl (C=O) groups excluding carboxylic acids is 1. The Kier molecular flexibility index (Phi) is 3.62. The Morgan fingerprint density at radius 2 is 1.64 bits per heavy atom. The van der Waals surface area contributed by atoms with Crippen molar-refractivity contribution in [2.45, 2.75) is 77.8 Å². The van der Waals surface area contributed by atoms with Crippen molar-refractivity contribution in [3.05, 3.63) is 0 Å². The maximum absolute atomic E-state index is 13.3. The summed E-state index contributed by atoms with van der Waals surface area (Å²) in [5.41, 5.74) is -2.11. The van der Waals surface area contributed by atoms with Crippen molar-refractivity contribution in [3.63, 3.8) is 0 Å². The van der Waals surface area contributed by atoms with Crippen molar-refractivity contribution in [1.82, 2.24) is 0 Å². The summed E-state index contributed by atoms with van der Waals surface area (Å²) < 4.78 is 0. The van der Waals surface area contributed by atoms with E-state index in [1.165, 1.54) is 0 Å². The van der Waals surface area contributed by atoms with Crippen LogP contribution >= 0.6 is 0 Å². The molecule has 0 heterocycles. The molecule has 10 atom stereocenters. The Hall–Kier alpha value is -0.490. The molecule has 4 fully saturated rings. The smallest absolute Gasteiger partial charge is 0.147 e. The van der Waals surface area contributed by atoms with Crippen molar-refractivity contribution in [1.29, 1.82) is 0 Å². The summed E-state index contributed by atoms with van der Waals surface area (Å²) >= 11 is 0. The second-order valence-electron chi connectivity index (χ2n) is 10.2. The van der Waals surface area contributed by atoms with E-state index in [2.05, 4.69) is 13.8 Å². The van der Waals surface area contributed by atoms with Gasteiger partial charge < -0.3 is 20.4 Å². The van der Waals surface area contributed by atoms with Gasteiger partial charge in [0.15, 0.2) is 0 Å². The number of Topliss-reactive ketones (excluding diaryl/α,β-unsaturated/α-hetero) is 1. The van der Waals surface area contributed by atoms with Crippen molar-refractivity contribution >= 4 is 5.78 Å². The van der Waals surface area contributed by atoms with Crippen LogP contribution in [0.15, 0.2) is 0 Å². The van der Waals surface area contributed by atoms with Crippen LogP contribution in [0.5, 0.6) is 0 Å². The number of ketones is 1. The topological polar surface area (TPSA) is 98.0 Å². The molecule has 4 aliphatic carbocycles. The lowest BCUT2D eigenvalue weighted by Crippen LogP contribution is -2.72. The van der Waals surface area contributed by atoms with Crippen LogP contribution < -0.4 is 0 Å². The highest BCUT2D eigenvalue weighted by molar-refractivity contribution is 5.92. The molecule has 1 spiro atoms. The van der Waals surface area contributed by atoms with E-state index in [1.807, 2.05) is 13.8 Å². The zero-order valence-corrected chi connectivity index (χ0v) is 15.6. The Labute approximate surface area is 149 Å². The van der Waals surface area contributed by atoms with Gasteiger partial charge in [0, 0.05) is 17.3 Å². The minimum Gasteiger partial charge on any atom is -0.393 e. The monoisotopic (exact) mass is 352 g/mol. The summed E-state index contributed by atoms with van der Waals surface area (Å²) in [5, 5.41) is 44.3. The van der Waals surface area contributed by atoms with Gasteiger partial charge >= 0.3 is 0 Å². The van der Waals surface area contributed by atoms with Gasteiger partial charge in [-0.2, -0.15) is 0 Å². The lowest BCUT2D eigenvalue weighted by atomic mass is 9.38. The molecule has 142 valence electrons. The lowest BCUT2D eigenvalue weighted by Gasteiger charge is -2.67. The fourth-order valence-corrected chi connectivity index (χ4v) is 7.75. The fourth-order valence-electron chi connectivity index (χ4n) is 7.75. The van der Waals surface area contributed by atoms with E-state index in [1.54, 1.807) is 0 Å². The van der Waals surface area contributed by atoms with Crippen LogP contribution in [0.3, 0.4) is 0 Å². The molecule has 4 rings (SSSR count). The van der Waals surface area contributed by atoms with Crippen LogP contribution in [-0.4, -0.2) is 50.6 Å². The van der Waals surface area contributed by atoms with Gasteiger partial charge in [-0.25, -0.2) is 0 Å². The van der Waals surface area contributed by atoms with Gasteiger partial charge in [0.25, 0.3) is 0 Å². The molecular weight excluding hydrogens is 320 g/mol. The molecule has 0 unspecified atom stereocenters. The average molecular weight is 352 g/mol. The van der Waals surface area contributed by atoms with Gasteiger partial charge in [0.05, 0.1) is 29.8 Å². The van der Waals surface area contributed by atoms with Crippen LogP contribution in [0.1, 0.15) is 53.4 Å². The molecule has 25 heavy (non-hydrogen) atoms. The van der Waals surface area contributed by atoms with E-state index in [-0.39, 0.29) is 29.0 Å². The first-order valence-electron chi connectivity index (χ1n) is 9.77. The Balaban J connectivity index is 1.94. The molecule has 0 aromatic carbocycles. The number of aliphatic hydroxyl groups excluding tert-OH is 4. The predicted molar refractivity (Wildman–Crippen MR) is 91.5 cm³/mol. The highest BCUT2D eigenvalue weighted by Crippen LogP contribution is 2.71. The van der Waals surface area contributed by atoms with E-state index in [0.29, 0.717) is 19.3 Å². The van der Waals surface area contributed by atoms with Gasteiger partial charge in [-0.3, -0.25) is 4.79 Å². The Morgan fingerprint density at radius 1 is 1.00 bits per heavy atom. The van der Waals surface area contributed by atoms with Crippen molar-refractivity contribution < 1.29 is 25.2 Å². The second-order valence-corrected chi connectivity index (χ2v) is 10.2. The summed E-state index contributed by atoms with van der Waals surface area (Å²) in [5.74, 6) is -1.39. The summed E-state index contributed by atoms with van der Waals surface area (Å²) in [7, 11) is 0. The number of fused-ring (bicyclic) bond motifs is 3. The van der Waals surface area contributed by atoms with Gasteiger partial charge in [-0.05, 0) is 42.9 Å². The largest absolute Gasteiger partial charge is 0.393 e. The first-order valence-corrected chi connectivity index (χ1v) is 9.77. The van der Waals surface area contributed by atoms with E-state index in [4.69, 9.17) is 0 Å². The summed E-state index contributed by atoms with van der Waals surface area (Å²) in [6, 6.07) is 0. The molecule has 5 nitrogen and oxygen atoms in total. The third-order valence-electron chi connectivity index (χ3n) is 8.95. The first-order chi connectivity index (χ1) is 11.5. The van der Waals surface area contributed by atoms with Crippen LogP contribution in [0, 0.1) is 39.9 Å². The number of aliphatic hydroxyl groups is 4. The maximum atomic E-state index is 13.3. The maximum Gasteiger partial charge on any atom is 0.147 e. The molecule has 0 radical (unpaired) electrons. The first kappa shape index (κ1) is 17.9. The number of hydrogen-bond acceptors (Lipinski definition) is 5. The molecule has 0 amide bonds. The highest BCUT2D eigenvalue weighted by atomic mass is 16.3. The third kappa shape index (κ3) is 1.81. The fraction of sp³-hybridized carbons (Fsp3) is 0.950. The quantitative estimate of drug-likeness (QED) is 0.524. The number of rotatable bonds is 0. The van der Waals surface area contributed by atoms with Gasteiger partial charge in [-0.1, -0.05) is 27.7 Å². The summed E-state index contributed by atoms with van der Waals surface area (Å²) in [6.07, 6.45) is -1.09. The van der Waals surface area contributed by atoms with Crippen molar-refractivity contribution in [2.24, 2.45) is 39.9 Å². The zero-order valence-electron chi connectivity index (χ0n) is 15.6. The molecule has 4 aliphatic rings. The van der Waals surface area contributed by atoms with Gasteiger partial charge in [0.1, 0.15) is 5.78 Å². The average Bonchev–Trinajstić information content (AvgIpc) is 2.65. The molecule has 4 saturated carbocycles. The van der Waals surface area contributed by atoms with E-state index < -0.39 is 41.2 Å². The molecular formula is C20H32O5. The Bertz CT molecular complexity index is 603. The van der Waals surface area contributed by atoms with E-state index in [9.17, 15) is 25.2 Å². The van der Waals surface area contributed by atoms with E-state index >= 15 is 0 Å². The molecule has 4 N–H and O–H groups in total. The van der Waals surface area contributed by atoms with Crippen molar-refractivity contribution in [2.75, 3.05) is 0 Å². The molecule has 0 aromatic rings. The molecule has 5 heteroatoms. The van der Waals surface area contributed by atoms with Crippen LogP contribution in [0.4, 0.5) is 0 Å². The number of hydrogen-bond donors (Lipinski definition) is 4. The summed E-state index contributed by atoms with van der Waals surface area (Å²) in [4.78, 5) is 13.3. The molecule has 0 saturated heterocycles.